The van der Waals surface area contributed by atoms with Gasteiger partial charge in [0.25, 0.3) is 0 Å². The Kier molecular flexibility index (Phi) is 7.99. The Morgan fingerprint density at radius 2 is 1.88 bits per heavy atom. The van der Waals surface area contributed by atoms with E-state index in [0.29, 0.717) is 6.54 Å². The summed E-state index contributed by atoms with van der Waals surface area (Å²) in [6, 6.07) is 10.2. The fourth-order valence-electron chi connectivity index (χ4n) is 4.64. The summed E-state index contributed by atoms with van der Waals surface area (Å²) >= 11 is 0. The summed E-state index contributed by atoms with van der Waals surface area (Å²) in [5.41, 5.74) is 2.21. The third-order valence-electron chi connectivity index (χ3n) is 6.62. The fourth-order valence-corrected chi connectivity index (χ4v) is 4.64. The van der Waals surface area contributed by atoms with Crippen LogP contribution < -0.4 is 19.9 Å². The van der Waals surface area contributed by atoms with Gasteiger partial charge in [0.2, 0.25) is 11.9 Å². The molecule has 3 heterocycles. The molecule has 4 rings (SSSR count). The minimum absolute atomic E-state index is 0.0101. The Balaban J connectivity index is 1.14. The average Bonchev–Trinajstić information content (AvgIpc) is 2.87. The van der Waals surface area contributed by atoms with Crippen LogP contribution in [-0.2, 0) is 4.79 Å². The number of hydrogen-bond acceptors (Lipinski definition) is 7. The number of ether oxygens (including phenoxy) is 1. The number of carbonyl (C=O) groups is 1. The maximum absolute atomic E-state index is 12.7. The summed E-state index contributed by atoms with van der Waals surface area (Å²) in [5.74, 6) is 1.80. The summed E-state index contributed by atoms with van der Waals surface area (Å²) in [4.78, 5) is 28.7. The molecule has 2 fully saturated rings. The van der Waals surface area contributed by atoms with Gasteiger partial charge in [-0.15, -0.1) is 0 Å². The molecule has 2 aliphatic rings. The number of nitrogens with one attached hydrogen (secondary N) is 1. The lowest BCUT2D eigenvalue weighted by molar-refractivity contribution is -0.125. The van der Waals surface area contributed by atoms with E-state index in [1.54, 1.807) is 13.3 Å². The van der Waals surface area contributed by atoms with Crippen LogP contribution in [0.5, 0.6) is 5.75 Å². The lowest BCUT2D eigenvalue weighted by Crippen LogP contribution is -2.47. The predicted molar refractivity (Wildman–Crippen MR) is 131 cm³/mol. The largest absolute Gasteiger partial charge is 0.497 e. The summed E-state index contributed by atoms with van der Waals surface area (Å²) in [7, 11) is 1.69. The van der Waals surface area contributed by atoms with Gasteiger partial charge in [0.05, 0.1) is 13.0 Å². The van der Waals surface area contributed by atoms with Crippen molar-refractivity contribution >= 4 is 17.5 Å². The molecule has 0 saturated carbocycles. The summed E-state index contributed by atoms with van der Waals surface area (Å²) in [6.07, 6.45) is 4.69. The Morgan fingerprint density at radius 3 is 2.61 bits per heavy atom. The Labute approximate surface area is 196 Å². The van der Waals surface area contributed by atoms with Gasteiger partial charge in [-0.3, -0.25) is 9.69 Å². The Hall–Kier alpha value is -2.87. The number of piperidine rings is 1. The maximum atomic E-state index is 12.7. The lowest BCUT2D eigenvalue weighted by Gasteiger charge is -2.36. The molecule has 1 N–H and O–H groups in total. The summed E-state index contributed by atoms with van der Waals surface area (Å²) in [5, 5.41) is 3.17. The number of hydrogen-bond donors (Lipinski definition) is 1. The van der Waals surface area contributed by atoms with E-state index >= 15 is 0 Å². The second-order valence-corrected chi connectivity index (χ2v) is 8.95. The lowest BCUT2D eigenvalue weighted by atomic mass is 9.97. The van der Waals surface area contributed by atoms with E-state index in [1.807, 2.05) is 25.1 Å². The molecule has 0 spiro atoms. The molecule has 1 atom stereocenters. The van der Waals surface area contributed by atoms with Crippen molar-refractivity contribution in [2.24, 2.45) is 5.92 Å². The van der Waals surface area contributed by atoms with Gasteiger partial charge in [0.1, 0.15) is 5.75 Å². The highest BCUT2D eigenvalue weighted by Crippen LogP contribution is 2.21. The van der Waals surface area contributed by atoms with Crippen LogP contribution in [0.2, 0.25) is 0 Å². The third-order valence-corrected chi connectivity index (χ3v) is 6.62. The monoisotopic (exact) mass is 452 g/mol. The first-order valence-electron chi connectivity index (χ1n) is 12.1. The molecule has 0 unspecified atom stereocenters. The molecule has 0 bridgehead atoms. The molecular formula is C25H36N6O2. The second kappa shape index (κ2) is 11.3. The quantitative estimate of drug-likeness (QED) is 0.616. The molecule has 1 aromatic heterocycles. The van der Waals surface area contributed by atoms with E-state index in [4.69, 9.17) is 4.74 Å². The molecule has 1 amide bonds. The van der Waals surface area contributed by atoms with Crippen molar-refractivity contribution < 1.29 is 9.53 Å². The highest BCUT2D eigenvalue weighted by atomic mass is 16.5. The SMILES string of the molecule is COc1ccc(N2CCN(CCCNC(=O)[C@H]3CCCN(c4nccc(C)n4)C3)CC2)cc1. The van der Waals surface area contributed by atoms with E-state index < -0.39 is 0 Å². The van der Waals surface area contributed by atoms with Crippen LogP contribution in [-0.4, -0.2) is 80.2 Å². The molecule has 8 nitrogen and oxygen atoms in total. The van der Waals surface area contributed by atoms with Gasteiger partial charge in [-0.25, -0.2) is 9.97 Å². The topological polar surface area (TPSA) is 73.8 Å². The zero-order chi connectivity index (χ0) is 23.0. The number of rotatable bonds is 8. The van der Waals surface area contributed by atoms with Crippen LogP contribution in [0.25, 0.3) is 0 Å². The molecule has 178 valence electrons. The average molecular weight is 453 g/mol. The number of anilines is 2. The number of amides is 1. The fraction of sp³-hybridized carbons (Fsp3) is 0.560. The number of aryl methyl sites for hydroxylation is 1. The molecule has 8 heteroatoms. The van der Waals surface area contributed by atoms with Crippen molar-refractivity contribution in [2.45, 2.75) is 26.2 Å². The second-order valence-electron chi connectivity index (χ2n) is 8.95. The predicted octanol–water partition coefficient (Wildman–Crippen LogP) is 2.34. The smallest absolute Gasteiger partial charge is 0.225 e. The van der Waals surface area contributed by atoms with Crippen molar-refractivity contribution in [1.82, 2.24) is 20.2 Å². The summed E-state index contributed by atoms with van der Waals surface area (Å²) < 4.78 is 5.25. The van der Waals surface area contributed by atoms with Crippen LogP contribution >= 0.6 is 0 Å². The number of carbonyl (C=O) groups excluding carboxylic acids is 1. The van der Waals surface area contributed by atoms with Gasteiger partial charge < -0.3 is 19.9 Å². The molecule has 1 aromatic carbocycles. The number of benzene rings is 1. The highest BCUT2D eigenvalue weighted by molar-refractivity contribution is 5.79. The van der Waals surface area contributed by atoms with Gasteiger partial charge in [-0.05, 0) is 63.1 Å². The first-order chi connectivity index (χ1) is 16.1. The molecular weight excluding hydrogens is 416 g/mol. The zero-order valence-corrected chi connectivity index (χ0v) is 19.9. The van der Waals surface area contributed by atoms with Crippen LogP contribution in [0.4, 0.5) is 11.6 Å². The van der Waals surface area contributed by atoms with Crippen molar-refractivity contribution in [3.05, 3.63) is 42.2 Å². The van der Waals surface area contributed by atoms with E-state index in [9.17, 15) is 4.79 Å². The van der Waals surface area contributed by atoms with Crippen molar-refractivity contribution in [1.29, 1.82) is 0 Å². The normalized spacial score (nSPS) is 19.4. The minimum Gasteiger partial charge on any atom is -0.497 e. The standard InChI is InChI=1S/C25H36N6O2/c1-20-10-12-27-25(28-20)31-14-3-5-21(19-31)24(32)26-11-4-13-29-15-17-30(18-16-29)22-6-8-23(33-2)9-7-22/h6-10,12,21H,3-5,11,13-19H2,1-2H3,(H,26,32)/t21-/m0/s1. The zero-order valence-electron chi connectivity index (χ0n) is 19.9. The minimum atomic E-state index is 0.0101. The molecule has 2 aromatic rings. The first kappa shape index (κ1) is 23.3. The molecule has 0 radical (unpaired) electrons. The van der Waals surface area contributed by atoms with Gasteiger partial charge in [0, 0.05) is 63.4 Å². The van der Waals surface area contributed by atoms with Crippen LogP contribution in [0.1, 0.15) is 25.0 Å². The third kappa shape index (κ3) is 6.35. The first-order valence-corrected chi connectivity index (χ1v) is 12.1. The number of nitrogens with zero attached hydrogens (tertiary/aromatic N) is 5. The van der Waals surface area contributed by atoms with E-state index in [0.717, 1.165) is 82.5 Å². The number of aromatic nitrogens is 2. The molecule has 2 saturated heterocycles. The van der Waals surface area contributed by atoms with E-state index in [2.05, 4.69) is 42.1 Å². The van der Waals surface area contributed by atoms with Crippen molar-refractivity contribution in [2.75, 3.05) is 69.3 Å². The van der Waals surface area contributed by atoms with Crippen LogP contribution in [0.3, 0.4) is 0 Å². The molecule has 2 aliphatic heterocycles. The van der Waals surface area contributed by atoms with E-state index in [-0.39, 0.29) is 11.8 Å². The number of methoxy groups -OCH3 is 1. The molecule has 0 aliphatic carbocycles. The number of piperazine rings is 1. The van der Waals surface area contributed by atoms with Gasteiger partial charge in [-0.2, -0.15) is 0 Å². The Morgan fingerprint density at radius 1 is 1.09 bits per heavy atom. The molecule has 33 heavy (non-hydrogen) atoms. The van der Waals surface area contributed by atoms with Gasteiger partial charge >= 0.3 is 0 Å². The van der Waals surface area contributed by atoms with Gasteiger partial charge in [-0.1, -0.05) is 0 Å². The Bertz CT molecular complexity index is 898. The highest BCUT2D eigenvalue weighted by Gasteiger charge is 2.27. The maximum Gasteiger partial charge on any atom is 0.225 e. The summed E-state index contributed by atoms with van der Waals surface area (Å²) in [6.45, 7) is 9.48. The van der Waals surface area contributed by atoms with Crippen molar-refractivity contribution in [3.8, 4) is 5.75 Å². The van der Waals surface area contributed by atoms with Gasteiger partial charge in [0.15, 0.2) is 0 Å². The van der Waals surface area contributed by atoms with E-state index in [1.165, 1.54) is 5.69 Å². The van der Waals surface area contributed by atoms with Crippen LogP contribution in [0.15, 0.2) is 36.5 Å². The van der Waals surface area contributed by atoms with Crippen LogP contribution in [0, 0.1) is 12.8 Å². The van der Waals surface area contributed by atoms with Crippen molar-refractivity contribution in [3.63, 3.8) is 0 Å².